The molecule has 3 N–H and O–H groups in total. The molecule has 1 amide bonds. The van der Waals surface area contributed by atoms with Gasteiger partial charge >= 0.3 is 5.97 Å². The van der Waals surface area contributed by atoms with Crippen LogP contribution in [0.2, 0.25) is 0 Å². The molecule has 20 heavy (non-hydrogen) atoms. The lowest BCUT2D eigenvalue weighted by Gasteiger charge is -2.15. The normalized spacial score (nSPS) is 13.7. The van der Waals surface area contributed by atoms with Gasteiger partial charge in [0.1, 0.15) is 0 Å². The van der Waals surface area contributed by atoms with E-state index in [9.17, 15) is 14.7 Å². The van der Waals surface area contributed by atoms with Gasteiger partial charge in [0.2, 0.25) is 0 Å². The van der Waals surface area contributed by atoms with Crippen molar-refractivity contribution in [3.8, 4) is 10.6 Å². The Morgan fingerprint density at radius 2 is 2.25 bits per heavy atom. The molecule has 0 saturated carbocycles. The second-order valence-corrected chi connectivity index (χ2v) is 5.03. The molecule has 8 heteroatoms. The molecule has 2 aromatic heterocycles. The van der Waals surface area contributed by atoms with Crippen molar-refractivity contribution in [2.45, 2.75) is 19.1 Å². The zero-order valence-corrected chi connectivity index (χ0v) is 11.3. The molecular formula is C12H12N2O5S. The summed E-state index contributed by atoms with van der Waals surface area (Å²) in [7, 11) is 0. The van der Waals surface area contributed by atoms with Crippen molar-refractivity contribution in [1.82, 2.24) is 10.5 Å². The molecule has 2 rings (SSSR count). The number of aliphatic hydroxyl groups excluding tert-OH is 1. The first-order valence-electron chi connectivity index (χ1n) is 5.71. The van der Waals surface area contributed by atoms with E-state index in [0.29, 0.717) is 5.76 Å². The average molecular weight is 296 g/mol. The number of thiophene rings is 1. The third kappa shape index (κ3) is 3.03. The molecule has 2 aromatic rings. The second-order valence-electron chi connectivity index (χ2n) is 4.08. The van der Waals surface area contributed by atoms with Gasteiger partial charge in [-0.3, -0.25) is 4.79 Å². The van der Waals surface area contributed by atoms with Gasteiger partial charge in [-0.1, -0.05) is 11.2 Å². The van der Waals surface area contributed by atoms with Crippen LogP contribution in [0.15, 0.2) is 28.1 Å². The van der Waals surface area contributed by atoms with Gasteiger partial charge in [0, 0.05) is 6.07 Å². The molecule has 0 radical (unpaired) electrons. The third-order valence-corrected chi connectivity index (χ3v) is 3.43. The summed E-state index contributed by atoms with van der Waals surface area (Å²) in [6.07, 6.45) is -1.22. The fourth-order valence-electron chi connectivity index (χ4n) is 1.52. The zero-order valence-electron chi connectivity index (χ0n) is 10.4. The molecule has 0 unspecified atom stereocenters. The monoisotopic (exact) mass is 296 g/mol. The third-order valence-electron chi connectivity index (χ3n) is 2.54. The topological polar surface area (TPSA) is 113 Å². The molecule has 0 aromatic carbocycles. The molecule has 0 bridgehead atoms. The molecule has 7 nitrogen and oxygen atoms in total. The van der Waals surface area contributed by atoms with Crippen LogP contribution in [0, 0.1) is 0 Å². The predicted octanol–water partition coefficient (Wildman–Crippen LogP) is 0.967. The first-order valence-corrected chi connectivity index (χ1v) is 6.59. The van der Waals surface area contributed by atoms with Gasteiger partial charge in [-0.05, 0) is 18.4 Å². The van der Waals surface area contributed by atoms with Crippen LogP contribution in [-0.2, 0) is 4.79 Å². The molecular weight excluding hydrogens is 284 g/mol. The van der Waals surface area contributed by atoms with Crippen molar-refractivity contribution in [2.24, 2.45) is 0 Å². The first kappa shape index (κ1) is 14.2. The van der Waals surface area contributed by atoms with E-state index in [0.717, 1.165) is 4.88 Å². The minimum Gasteiger partial charge on any atom is -0.480 e. The van der Waals surface area contributed by atoms with Gasteiger partial charge in [0.25, 0.3) is 5.91 Å². The SMILES string of the molecule is C[C@@H](O)[C@H](NC(=O)c1cc(-c2cccs2)on1)C(=O)O. The van der Waals surface area contributed by atoms with Crippen LogP contribution in [0.5, 0.6) is 0 Å². The van der Waals surface area contributed by atoms with Crippen molar-refractivity contribution >= 4 is 23.2 Å². The summed E-state index contributed by atoms with van der Waals surface area (Å²) >= 11 is 1.43. The van der Waals surface area contributed by atoms with Crippen LogP contribution < -0.4 is 5.32 Å². The highest BCUT2D eigenvalue weighted by Crippen LogP contribution is 2.25. The Balaban J connectivity index is 2.12. The van der Waals surface area contributed by atoms with Crippen LogP contribution in [0.1, 0.15) is 17.4 Å². The van der Waals surface area contributed by atoms with E-state index in [-0.39, 0.29) is 5.69 Å². The Labute approximate surface area is 117 Å². The fraction of sp³-hybridized carbons (Fsp3) is 0.250. The summed E-state index contributed by atoms with van der Waals surface area (Å²) in [6, 6.07) is 3.66. The lowest BCUT2D eigenvalue weighted by molar-refractivity contribution is -0.141. The standard InChI is InChI=1S/C12H12N2O5S/c1-6(15)10(12(17)18)13-11(16)7-5-8(19-14-7)9-3-2-4-20-9/h2-6,10,15H,1H3,(H,13,16)(H,17,18)/t6-,10+/m1/s1. The van der Waals surface area contributed by atoms with Crippen LogP contribution >= 0.6 is 11.3 Å². The summed E-state index contributed by atoms with van der Waals surface area (Å²) < 4.78 is 5.02. The minimum absolute atomic E-state index is 0.0414. The second kappa shape index (κ2) is 5.85. The Morgan fingerprint density at radius 1 is 1.50 bits per heavy atom. The smallest absolute Gasteiger partial charge is 0.328 e. The molecule has 2 heterocycles. The number of carboxylic acid groups (broad SMARTS) is 1. The quantitative estimate of drug-likeness (QED) is 0.757. The van der Waals surface area contributed by atoms with Crippen molar-refractivity contribution in [2.75, 3.05) is 0 Å². The maximum atomic E-state index is 11.8. The van der Waals surface area contributed by atoms with Gasteiger partial charge < -0.3 is 20.1 Å². The zero-order chi connectivity index (χ0) is 14.7. The largest absolute Gasteiger partial charge is 0.480 e. The van der Waals surface area contributed by atoms with Crippen LogP contribution in [-0.4, -0.2) is 39.4 Å². The molecule has 106 valence electrons. The molecule has 0 aliphatic heterocycles. The van der Waals surface area contributed by atoms with Gasteiger partial charge in [0.05, 0.1) is 11.0 Å². The molecule has 2 atom stereocenters. The number of hydrogen-bond donors (Lipinski definition) is 3. The Morgan fingerprint density at radius 3 is 2.80 bits per heavy atom. The average Bonchev–Trinajstić information content (AvgIpc) is 3.04. The van der Waals surface area contributed by atoms with Crippen LogP contribution in [0.25, 0.3) is 10.6 Å². The number of aromatic nitrogens is 1. The summed E-state index contributed by atoms with van der Waals surface area (Å²) in [6.45, 7) is 1.28. The lowest BCUT2D eigenvalue weighted by Crippen LogP contribution is -2.47. The Hall–Kier alpha value is -2.19. The summed E-state index contributed by atoms with van der Waals surface area (Å²) in [5, 5.41) is 25.8. The number of carbonyl (C=O) groups excluding carboxylic acids is 1. The summed E-state index contributed by atoms with van der Waals surface area (Å²) in [4.78, 5) is 23.5. The summed E-state index contributed by atoms with van der Waals surface area (Å²) in [5.74, 6) is -1.62. The molecule has 0 fully saturated rings. The predicted molar refractivity (Wildman–Crippen MR) is 70.4 cm³/mol. The van der Waals surface area contributed by atoms with E-state index in [1.165, 1.54) is 24.3 Å². The molecule has 0 saturated heterocycles. The number of nitrogens with zero attached hydrogens (tertiary/aromatic N) is 1. The number of carbonyl (C=O) groups is 2. The van der Waals surface area contributed by atoms with Gasteiger partial charge in [-0.25, -0.2) is 4.79 Å². The molecule has 0 spiro atoms. The van der Waals surface area contributed by atoms with E-state index in [2.05, 4.69) is 10.5 Å². The van der Waals surface area contributed by atoms with Crippen LogP contribution in [0.3, 0.4) is 0 Å². The first-order chi connectivity index (χ1) is 9.49. The fourth-order valence-corrected chi connectivity index (χ4v) is 2.19. The Bertz CT molecular complexity index is 605. The van der Waals surface area contributed by atoms with Gasteiger partial charge in [0.15, 0.2) is 17.5 Å². The van der Waals surface area contributed by atoms with E-state index in [4.69, 9.17) is 9.63 Å². The van der Waals surface area contributed by atoms with Crippen molar-refractivity contribution < 1.29 is 24.3 Å². The highest BCUT2D eigenvalue weighted by Gasteiger charge is 2.26. The Kier molecular flexibility index (Phi) is 4.16. The number of nitrogens with one attached hydrogen (secondary N) is 1. The van der Waals surface area contributed by atoms with Crippen molar-refractivity contribution in [3.63, 3.8) is 0 Å². The minimum atomic E-state index is -1.40. The van der Waals surface area contributed by atoms with E-state index < -0.39 is 24.0 Å². The van der Waals surface area contributed by atoms with E-state index >= 15 is 0 Å². The van der Waals surface area contributed by atoms with Gasteiger partial charge in [-0.15, -0.1) is 11.3 Å². The maximum Gasteiger partial charge on any atom is 0.328 e. The van der Waals surface area contributed by atoms with E-state index in [1.54, 1.807) is 0 Å². The maximum absolute atomic E-state index is 11.8. The lowest BCUT2D eigenvalue weighted by atomic mass is 10.2. The van der Waals surface area contributed by atoms with E-state index in [1.807, 2.05) is 17.5 Å². The highest BCUT2D eigenvalue weighted by atomic mass is 32.1. The number of rotatable bonds is 5. The van der Waals surface area contributed by atoms with Crippen molar-refractivity contribution in [1.29, 1.82) is 0 Å². The van der Waals surface area contributed by atoms with Crippen molar-refractivity contribution in [3.05, 3.63) is 29.3 Å². The number of amides is 1. The highest BCUT2D eigenvalue weighted by molar-refractivity contribution is 7.13. The van der Waals surface area contributed by atoms with Crippen LogP contribution in [0.4, 0.5) is 0 Å². The number of carboxylic acids is 1. The number of hydrogen-bond acceptors (Lipinski definition) is 6. The number of aliphatic hydroxyl groups is 1. The summed E-state index contributed by atoms with van der Waals surface area (Å²) in [5.41, 5.74) is -0.0414. The van der Waals surface area contributed by atoms with Gasteiger partial charge in [-0.2, -0.15) is 0 Å². The number of aliphatic carboxylic acids is 1. The molecule has 0 aliphatic carbocycles. The molecule has 0 aliphatic rings.